The van der Waals surface area contributed by atoms with Gasteiger partial charge in [0.2, 0.25) is 0 Å². The van der Waals surface area contributed by atoms with Crippen LogP contribution in [0.3, 0.4) is 0 Å². The number of aliphatic hydroxyl groups excluding tert-OH is 1. The molecule has 6 heteroatoms. The number of fused-ring (bicyclic) bond motifs is 6. The molecular weight excluding hydrogens is 705 g/mol. The molecule has 0 unspecified atom stereocenters. The minimum atomic E-state index is -0.125. The Morgan fingerprint density at radius 2 is 1.80 bits per heavy atom. The maximum atomic E-state index is 10.0. The Labute approximate surface area is 258 Å². The predicted octanol–water partition coefficient (Wildman–Crippen LogP) is 8.69. The summed E-state index contributed by atoms with van der Waals surface area (Å²) >= 11 is 1.74. The number of pyridine rings is 2. The van der Waals surface area contributed by atoms with E-state index in [1.54, 1.807) is 11.3 Å². The largest absolute Gasteiger partial charge is 0.512 e. The third kappa shape index (κ3) is 6.20. The van der Waals surface area contributed by atoms with Gasteiger partial charge in [0.1, 0.15) is 16.0 Å². The van der Waals surface area contributed by atoms with E-state index in [1.807, 2.05) is 12.3 Å². The van der Waals surface area contributed by atoms with Gasteiger partial charge in [0.25, 0.3) is 0 Å². The van der Waals surface area contributed by atoms with Crippen LogP contribution in [0.4, 0.5) is 0 Å². The quantitative estimate of drug-likeness (QED) is 0.0648. The van der Waals surface area contributed by atoms with Crippen molar-refractivity contribution in [2.45, 2.75) is 41.0 Å². The Kier molecular flexibility index (Phi) is 9.28. The minimum Gasteiger partial charge on any atom is -0.512 e. The van der Waals surface area contributed by atoms with E-state index < -0.39 is 0 Å². The summed E-state index contributed by atoms with van der Waals surface area (Å²) in [5.41, 5.74) is 5.87. The molecule has 0 aliphatic carbocycles. The molecule has 6 rings (SSSR count). The first-order valence-corrected chi connectivity index (χ1v) is 14.2. The van der Waals surface area contributed by atoms with E-state index in [4.69, 9.17) is 5.11 Å². The van der Waals surface area contributed by atoms with Crippen LogP contribution in [0.15, 0.2) is 78.7 Å². The summed E-state index contributed by atoms with van der Waals surface area (Å²) in [6.45, 7) is 9.55. The van der Waals surface area contributed by atoms with Crippen molar-refractivity contribution in [2.24, 2.45) is 5.92 Å². The van der Waals surface area contributed by atoms with Crippen molar-refractivity contribution in [1.82, 2.24) is 4.98 Å². The van der Waals surface area contributed by atoms with Crippen molar-refractivity contribution < 1.29 is 34.6 Å². The second-order valence-electron chi connectivity index (χ2n) is 10.7. The van der Waals surface area contributed by atoms with Crippen LogP contribution in [-0.2, 0) is 31.3 Å². The topological polar surface area (TPSA) is 54.1 Å². The summed E-state index contributed by atoms with van der Waals surface area (Å²) < 4.78 is 3.33. The first-order valence-electron chi connectivity index (χ1n) is 13.4. The predicted molar refractivity (Wildman–Crippen MR) is 168 cm³/mol. The first-order chi connectivity index (χ1) is 19.1. The maximum Gasteiger partial charge on any atom is 0.155 e. The number of nitrogens with zero attached hydrogens (tertiary/aromatic N) is 2. The van der Waals surface area contributed by atoms with E-state index in [-0.39, 0.29) is 31.6 Å². The number of rotatable bonds is 4. The fraction of sp³-hybridized carbons (Fsp3) is 0.200. The normalized spacial score (nSPS) is 11.6. The Bertz CT molecular complexity index is 1930. The van der Waals surface area contributed by atoms with Crippen molar-refractivity contribution in [1.29, 1.82) is 0 Å². The molecule has 1 N–H and O–H groups in total. The maximum absolute atomic E-state index is 10.0. The molecule has 0 saturated carbocycles. The van der Waals surface area contributed by atoms with E-state index in [9.17, 15) is 4.79 Å². The first kappa shape index (κ1) is 30.4. The molecule has 0 aliphatic rings. The Hall–Kier alpha value is -3.57. The van der Waals surface area contributed by atoms with Crippen LogP contribution in [0.2, 0.25) is 0 Å². The van der Waals surface area contributed by atoms with Gasteiger partial charge < -0.3 is 9.67 Å². The monoisotopic (exact) mass is 738 g/mol. The van der Waals surface area contributed by atoms with Crippen LogP contribution in [-0.4, -0.2) is 15.9 Å². The number of benzene rings is 3. The molecule has 3 heterocycles. The molecule has 211 valence electrons. The molecular formula is C35H33IrN2O2S-. The van der Waals surface area contributed by atoms with Gasteiger partial charge in [0, 0.05) is 44.8 Å². The van der Waals surface area contributed by atoms with E-state index in [0.717, 1.165) is 33.6 Å². The molecule has 0 aliphatic heterocycles. The van der Waals surface area contributed by atoms with Gasteiger partial charge in [-0.05, 0) is 70.8 Å². The molecule has 0 fully saturated rings. The summed E-state index contributed by atoms with van der Waals surface area (Å²) in [6, 6.07) is 25.5. The third-order valence-corrected chi connectivity index (χ3v) is 7.98. The number of aliphatic hydroxyl groups is 1. The van der Waals surface area contributed by atoms with E-state index in [0.29, 0.717) is 5.92 Å². The number of aromatic nitrogens is 2. The van der Waals surface area contributed by atoms with Crippen molar-refractivity contribution in [3.8, 4) is 11.3 Å². The van der Waals surface area contributed by atoms with E-state index >= 15 is 0 Å². The van der Waals surface area contributed by atoms with Crippen molar-refractivity contribution in [2.75, 3.05) is 0 Å². The van der Waals surface area contributed by atoms with Crippen molar-refractivity contribution >= 4 is 59.1 Å². The molecule has 0 saturated heterocycles. The number of hydrogen-bond donors (Lipinski definition) is 1. The zero-order chi connectivity index (χ0) is 28.6. The Morgan fingerprint density at radius 3 is 2.49 bits per heavy atom. The number of allylic oxidation sites excluding steroid dienone is 2. The fourth-order valence-electron chi connectivity index (χ4n) is 5.34. The zero-order valence-corrected chi connectivity index (χ0v) is 27.1. The van der Waals surface area contributed by atoms with Gasteiger partial charge in [-0.3, -0.25) is 4.79 Å². The summed E-state index contributed by atoms with van der Waals surface area (Å²) in [6.07, 6.45) is 4.05. The van der Waals surface area contributed by atoms with Gasteiger partial charge in [-0.15, -0.1) is 17.7 Å². The SMILES string of the molecule is CC(=O)/C=C(/C)O.[CH2-][n+]1c(-c2[c-]c(C)cc3c2sc2ncccc23)cc(CC(C)C)c2c3ccccc3ccc21.[Ir]. The van der Waals surface area contributed by atoms with Gasteiger partial charge >= 0.3 is 0 Å². The summed E-state index contributed by atoms with van der Waals surface area (Å²) in [7, 11) is 4.53. The molecule has 0 bridgehead atoms. The van der Waals surface area contributed by atoms with Gasteiger partial charge in [-0.1, -0.05) is 68.1 Å². The van der Waals surface area contributed by atoms with Crippen LogP contribution in [0.5, 0.6) is 0 Å². The van der Waals surface area contributed by atoms with Gasteiger partial charge in [-0.2, -0.15) is 11.3 Å². The second kappa shape index (κ2) is 12.5. The van der Waals surface area contributed by atoms with Crippen molar-refractivity contribution in [3.63, 3.8) is 0 Å². The average Bonchev–Trinajstić information content (AvgIpc) is 3.27. The molecule has 0 atom stereocenters. The van der Waals surface area contributed by atoms with Gasteiger partial charge in [0.15, 0.2) is 5.78 Å². The summed E-state index contributed by atoms with van der Waals surface area (Å²) in [4.78, 5) is 15.7. The third-order valence-electron chi connectivity index (χ3n) is 6.83. The zero-order valence-electron chi connectivity index (χ0n) is 23.9. The number of aryl methyl sites for hydroxylation is 1. The van der Waals surface area contributed by atoms with Crippen LogP contribution < -0.4 is 4.57 Å². The minimum absolute atomic E-state index is 0. The molecule has 3 aromatic heterocycles. The van der Waals surface area contributed by atoms with Gasteiger partial charge in [0.05, 0.1) is 5.76 Å². The Morgan fingerprint density at radius 1 is 1.07 bits per heavy atom. The number of carbonyl (C=O) groups is 1. The second-order valence-corrected chi connectivity index (χ2v) is 11.7. The van der Waals surface area contributed by atoms with Crippen LogP contribution in [0, 0.1) is 26.0 Å². The number of carbonyl (C=O) groups excluding carboxylic acids is 1. The molecule has 41 heavy (non-hydrogen) atoms. The van der Waals surface area contributed by atoms with E-state index in [1.165, 1.54) is 57.1 Å². The standard InChI is InChI=1S/C30H25N2S.C5H8O2.Ir/c1-18(2)14-21-17-27(32(4)26-12-11-20-8-5-6-9-22(20)28(21)26)25-16-19(3)15-24-23-10-7-13-31-30(23)33-29(24)25;1-4(6)3-5(2)7;/h5-13,15,17-18H,4,14H2,1-3H3;3,6H,1-2H3;/q-1;;/b;4-3-;. The molecule has 4 nitrogen and oxygen atoms in total. The van der Waals surface area contributed by atoms with Crippen molar-refractivity contribution in [3.05, 3.63) is 103 Å². The van der Waals surface area contributed by atoms with Gasteiger partial charge in [-0.25, -0.2) is 4.98 Å². The average molecular weight is 738 g/mol. The summed E-state index contributed by atoms with van der Waals surface area (Å²) in [5, 5.41) is 14.7. The Balaban J connectivity index is 0.000000434. The number of hydrogen-bond acceptors (Lipinski definition) is 4. The molecule has 0 amide bonds. The van der Waals surface area contributed by atoms with Crippen LogP contribution in [0.25, 0.3) is 53.2 Å². The molecule has 6 aromatic rings. The molecule has 1 radical (unpaired) electrons. The molecule has 0 spiro atoms. The van der Waals surface area contributed by atoms with Crippen LogP contribution >= 0.6 is 11.3 Å². The number of thiophene rings is 1. The summed E-state index contributed by atoms with van der Waals surface area (Å²) in [5.74, 6) is 0.489. The number of ketones is 1. The van der Waals surface area contributed by atoms with E-state index in [2.05, 4.69) is 98.0 Å². The fourth-order valence-corrected chi connectivity index (χ4v) is 6.47. The molecule has 3 aromatic carbocycles. The smallest absolute Gasteiger partial charge is 0.155 e. The van der Waals surface area contributed by atoms with Crippen LogP contribution in [0.1, 0.15) is 38.8 Å².